The molecule has 0 fully saturated rings. The molecule has 94 valence electrons. The van der Waals surface area contributed by atoms with Crippen LogP contribution in [0.25, 0.3) is 0 Å². The van der Waals surface area contributed by atoms with Gasteiger partial charge in [-0.3, -0.25) is 14.3 Å². The number of halogens is 2. The first-order chi connectivity index (χ1) is 8.47. The van der Waals surface area contributed by atoms with Crippen LogP contribution in [-0.2, 0) is 6.54 Å². The maximum Gasteiger partial charge on any atom is 0.328 e. The van der Waals surface area contributed by atoms with Crippen LogP contribution in [0.2, 0.25) is 10.0 Å². The zero-order valence-corrected chi connectivity index (χ0v) is 10.6. The van der Waals surface area contributed by atoms with Crippen LogP contribution in [0, 0.1) is 0 Å². The third-order valence-corrected chi connectivity index (χ3v) is 2.99. The van der Waals surface area contributed by atoms with Gasteiger partial charge in [-0.2, -0.15) is 0 Å². The van der Waals surface area contributed by atoms with Crippen molar-refractivity contribution >= 4 is 28.9 Å². The Bertz CT molecular complexity index is 706. The minimum Gasteiger partial charge on any atom is -0.398 e. The lowest BCUT2D eigenvalue weighted by Crippen LogP contribution is -2.29. The fourth-order valence-corrected chi connectivity index (χ4v) is 1.77. The highest BCUT2D eigenvalue weighted by molar-refractivity contribution is 6.33. The van der Waals surface area contributed by atoms with Gasteiger partial charge >= 0.3 is 5.69 Å². The summed E-state index contributed by atoms with van der Waals surface area (Å²) in [5, 5.41) is 0.405. The van der Waals surface area contributed by atoms with Crippen LogP contribution in [0.4, 0.5) is 5.69 Å². The summed E-state index contributed by atoms with van der Waals surface area (Å²) in [6.07, 6.45) is 1.29. The second kappa shape index (κ2) is 4.88. The maximum atomic E-state index is 11.5. The molecule has 0 bridgehead atoms. The van der Waals surface area contributed by atoms with E-state index in [0.29, 0.717) is 10.7 Å². The molecule has 2 rings (SSSR count). The van der Waals surface area contributed by atoms with E-state index in [2.05, 4.69) is 4.98 Å². The number of hydrogen-bond acceptors (Lipinski definition) is 3. The molecule has 7 heteroatoms. The van der Waals surface area contributed by atoms with Crippen molar-refractivity contribution < 1.29 is 0 Å². The minimum absolute atomic E-state index is 0.0449. The highest BCUT2D eigenvalue weighted by atomic mass is 35.5. The Balaban J connectivity index is 2.40. The van der Waals surface area contributed by atoms with Crippen molar-refractivity contribution in [3.8, 4) is 0 Å². The first-order valence-corrected chi connectivity index (χ1v) is 5.76. The number of aromatic amines is 1. The number of benzene rings is 1. The number of nitrogens with one attached hydrogen (secondary N) is 1. The van der Waals surface area contributed by atoms with E-state index in [9.17, 15) is 9.59 Å². The fraction of sp³-hybridized carbons (Fsp3) is 0.0909. The molecule has 0 spiro atoms. The summed E-state index contributed by atoms with van der Waals surface area (Å²) in [7, 11) is 0. The standard InChI is InChI=1S/C11H9Cl2N3O2/c12-7-2-1-6(3-9(7)14)4-16-5-8(13)10(17)15-11(16)18/h1-3,5H,4,14H2,(H,15,17,18). The zero-order chi connectivity index (χ0) is 13.3. The normalized spacial score (nSPS) is 10.6. The van der Waals surface area contributed by atoms with E-state index >= 15 is 0 Å². The molecule has 1 aromatic heterocycles. The van der Waals surface area contributed by atoms with Gasteiger partial charge in [0.15, 0.2) is 0 Å². The van der Waals surface area contributed by atoms with Crippen LogP contribution in [-0.4, -0.2) is 9.55 Å². The summed E-state index contributed by atoms with van der Waals surface area (Å²) < 4.78 is 1.28. The number of hydrogen-bond donors (Lipinski definition) is 2. The van der Waals surface area contributed by atoms with Crippen molar-refractivity contribution in [2.24, 2.45) is 0 Å². The SMILES string of the molecule is Nc1cc(Cn2cc(Cl)c(=O)[nH]c2=O)ccc1Cl. The summed E-state index contributed by atoms with van der Waals surface area (Å²) in [5.74, 6) is 0. The molecule has 0 aliphatic heterocycles. The highest BCUT2D eigenvalue weighted by Crippen LogP contribution is 2.19. The molecule has 0 unspecified atom stereocenters. The van der Waals surface area contributed by atoms with E-state index in [0.717, 1.165) is 5.56 Å². The van der Waals surface area contributed by atoms with E-state index in [1.165, 1.54) is 10.8 Å². The summed E-state index contributed by atoms with van der Waals surface area (Å²) in [6.45, 7) is 0.247. The van der Waals surface area contributed by atoms with Gasteiger partial charge in [0.1, 0.15) is 5.02 Å². The van der Waals surface area contributed by atoms with Crippen LogP contribution in [0.1, 0.15) is 5.56 Å². The average molecular weight is 286 g/mol. The topological polar surface area (TPSA) is 80.9 Å². The Labute approximate surface area is 112 Å². The van der Waals surface area contributed by atoms with Crippen molar-refractivity contribution in [3.63, 3.8) is 0 Å². The van der Waals surface area contributed by atoms with Crippen LogP contribution in [0.5, 0.6) is 0 Å². The Kier molecular flexibility index (Phi) is 3.45. The van der Waals surface area contributed by atoms with E-state index in [1.807, 2.05) is 0 Å². The molecule has 0 aliphatic rings. The first kappa shape index (κ1) is 12.7. The molecule has 0 saturated carbocycles. The van der Waals surface area contributed by atoms with Crippen molar-refractivity contribution in [3.05, 3.63) is 60.8 Å². The van der Waals surface area contributed by atoms with Gasteiger partial charge in [-0.15, -0.1) is 0 Å². The van der Waals surface area contributed by atoms with E-state index in [1.54, 1.807) is 18.2 Å². The molecule has 0 atom stereocenters. The van der Waals surface area contributed by atoms with Crippen LogP contribution < -0.4 is 17.0 Å². The summed E-state index contributed by atoms with van der Waals surface area (Å²) >= 11 is 11.5. The van der Waals surface area contributed by atoms with Crippen molar-refractivity contribution in [1.82, 2.24) is 9.55 Å². The van der Waals surface area contributed by atoms with Crippen LogP contribution in [0.15, 0.2) is 34.0 Å². The lowest BCUT2D eigenvalue weighted by molar-refractivity contribution is 0.721. The predicted molar refractivity (Wildman–Crippen MR) is 71.3 cm³/mol. The quantitative estimate of drug-likeness (QED) is 0.820. The molecular weight excluding hydrogens is 277 g/mol. The van der Waals surface area contributed by atoms with Crippen LogP contribution >= 0.6 is 23.2 Å². The number of aromatic nitrogens is 2. The number of nitrogens with two attached hydrogens (primary N) is 1. The van der Waals surface area contributed by atoms with Crippen molar-refractivity contribution in [1.29, 1.82) is 0 Å². The van der Waals surface area contributed by atoms with Gasteiger partial charge < -0.3 is 5.73 Å². The van der Waals surface area contributed by atoms with Gasteiger partial charge in [0, 0.05) is 6.20 Å². The van der Waals surface area contributed by atoms with Gasteiger partial charge in [-0.25, -0.2) is 4.79 Å². The molecule has 2 aromatic rings. The monoisotopic (exact) mass is 285 g/mol. The highest BCUT2D eigenvalue weighted by Gasteiger charge is 2.04. The molecule has 1 heterocycles. The molecule has 0 aliphatic carbocycles. The Morgan fingerprint density at radius 1 is 1.22 bits per heavy atom. The molecule has 18 heavy (non-hydrogen) atoms. The fourth-order valence-electron chi connectivity index (χ4n) is 1.49. The summed E-state index contributed by atoms with van der Waals surface area (Å²) in [5.41, 5.74) is 5.74. The van der Waals surface area contributed by atoms with Crippen LogP contribution in [0.3, 0.4) is 0 Å². The predicted octanol–water partition coefficient (Wildman–Crippen LogP) is 1.47. The average Bonchev–Trinajstić information content (AvgIpc) is 2.31. The van der Waals surface area contributed by atoms with Gasteiger partial charge in [0.25, 0.3) is 5.56 Å². The van der Waals surface area contributed by atoms with E-state index in [4.69, 9.17) is 28.9 Å². The third-order valence-electron chi connectivity index (χ3n) is 2.38. The number of nitrogen functional groups attached to an aromatic ring is 1. The lowest BCUT2D eigenvalue weighted by Gasteiger charge is -2.07. The van der Waals surface area contributed by atoms with Crippen molar-refractivity contribution in [2.45, 2.75) is 6.54 Å². The van der Waals surface area contributed by atoms with Gasteiger partial charge in [-0.05, 0) is 17.7 Å². The van der Waals surface area contributed by atoms with Gasteiger partial charge in [-0.1, -0.05) is 29.3 Å². The maximum absolute atomic E-state index is 11.5. The third kappa shape index (κ3) is 2.57. The molecule has 5 nitrogen and oxygen atoms in total. The summed E-state index contributed by atoms with van der Waals surface area (Å²) in [4.78, 5) is 24.8. The Morgan fingerprint density at radius 2 is 1.94 bits per heavy atom. The zero-order valence-electron chi connectivity index (χ0n) is 9.11. The minimum atomic E-state index is -0.603. The molecule has 0 radical (unpaired) electrons. The second-order valence-corrected chi connectivity index (χ2v) is 4.53. The summed E-state index contributed by atoms with van der Waals surface area (Å²) in [6, 6.07) is 5.04. The molecule has 3 N–H and O–H groups in total. The lowest BCUT2D eigenvalue weighted by atomic mass is 10.2. The number of nitrogens with zero attached hydrogens (tertiary/aromatic N) is 1. The molecule has 1 aromatic carbocycles. The number of H-pyrrole nitrogens is 1. The largest absolute Gasteiger partial charge is 0.398 e. The van der Waals surface area contributed by atoms with E-state index < -0.39 is 11.2 Å². The first-order valence-electron chi connectivity index (χ1n) is 5.00. The second-order valence-electron chi connectivity index (χ2n) is 3.72. The van der Waals surface area contributed by atoms with E-state index in [-0.39, 0.29) is 11.6 Å². The van der Waals surface area contributed by atoms with Gasteiger partial charge in [0.2, 0.25) is 0 Å². The van der Waals surface area contributed by atoms with Crippen molar-refractivity contribution in [2.75, 3.05) is 5.73 Å². The van der Waals surface area contributed by atoms with Gasteiger partial charge in [0.05, 0.1) is 17.3 Å². The number of anilines is 1. The molecule has 0 saturated heterocycles. The Hall–Kier alpha value is -1.72. The number of rotatable bonds is 2. The Morgan fingerprint density at radius 3 is 2.61 bits per heavy atom. The molecular formula is C11H9Cl2N3O2. The molecule has 0 amide bonds. The smallest absolute Gasteiger partial charge is 0.328 e.